The van der Waals surface area contributed by atoms with Gasteiger partial charge >= 0.3 is 0 Å². The molecule has 5 nitrogen and oxygen atoms in total. The summed E-state index contributed by atoms with van der Waals surface area (Å²) in [5.74, 6) is 0.846. The van der Waals surface area contributed by atoms with Crippen molar-refractivity contribution in [3.05, 3.63) is 0 Å². The Labute approximate surface area is 158 Å². The molecule has 4 unspecified atom stereocenters. The van der Waals surface area contributed by atoms with E-state index in [2.05, 4.69) is 23.6 Å². The lowest BCUT2D eigenvalue weighted by Gasteiger charge is -2.39. The number of carbonyl (C=O) groups excluding carboxylic acids is 1. The number of morpholine rings is 1. The lowest BCUT2D eigenvalue weighted by molar-refractivity contribution is -0.138. The van der Waals surface area contributed by atoms with Crippen molar-refractivity contribution in [2.45, 2.75) is 51.1 Å². The molecule has 3 aliphatic rings. The second-order valence-corrected chi connectivity index (χ2v) is 7.74. The Bertz CT molecular complexity index is 417. The van der Waals surface area contributed by atoms with Crippen molar-refractivity contribution in [3.8, 4) is 0 Å². The van der Waals surface area contributed by atoms with Crippen molar-refractivity contribution in [2.24, 2.45) is 17.6 Å². The van der Waals surface area contributed by atoms with E-state index in [1.54, 1.807) is 0 Å². The fourth-order valence-corrected chi connectivity index (χ4v) is 4.50. The van der Waals surface area contributed by atoms with Gasteiger partial charge in [0.15, 0.2) is 0 Å². The summed E-state index contributed by atoms with van der Waals surface area (Å²) in [7, 11) is 0. The standard InChI is InChI=1S/C17H31N3O2.2ClH/c1-13-11-20(12-15(13)19-7-9-22-10-8-19)16(21)14-5-3-4-6-17(14,2)18;;/h13-15H,3-12,18H2,1-2H3;2*1H. The maximum absolute atomic E-state index is 13.0. The zero-order valence-corrected chi connectivity index (χ0v) is 16.5. The van der Waals surface area contributed by atoms with Gasteiger partial charge in [0.2, 0.25) is 5.91 Å². The number of ether oxygens (including phenoxy) is 1. The Morgan fingerprint density at radius 1 is 1.17 bits per heavy atom. The van der Waals surface area contributed by atoms with Crippen LogP contribution >= 0.6 is 24.8 Å². The molecule has 0 radical (unpaired) electrons. The van der Waals surface area contributed by atoms with Crippen molar-refractivity contribution >= 4 is 30.7 Å². The molecule has 0 aromatic heterocycles. The van der Waals surface area contributed by atoms with Crippen LogP contribution in [0.5, 0.6) is 0 Å². The molecule has 2 heterocycles. The van der Waals surface area contributed by atoms with E-state index in [0.717, 1.165) is 65.1 Å². The molecule has 1 aliphatic carbocycles. The molecular weight excluding hydrogens is 349 g/mol. The molecule has 7 heteroatoms. The topological polar surface area (TPSA) is 58.8 Å². The molecule has 0 aromatic carbocycles. The highest BCUT2D eigenvalue weighted by Gasteiger charge is 2.43. The van der Waals surface area contributed by atoms with Crippen LogP contribution in [0.1, 0.15) is 39.5 Å². The number of likely N-dealkylation sites (tertiary alicyclic amines) is 1. The third-order valence-corrected chi connectivity index (χ3v) is 5.95. The quantitative estimate of drug-likeness (QED) is 0.793. The molecule has 2 saturated heterocycles. The molecule has 24 heavy (non-hydrogen) atoms. The number of rotatable bonds is 2. The minimum Gasteiger partial charge on any atom is -0.379 e. The van der Waals surface area contributed by atoms with Crippen LogP contribution in [0.25, 0.3) is 0 Å². The van der Waals surface area contributed by atoms with E-state index in [0.29, 0.717) is 17.9 Å². The molecule has 1 amide bonds. The second-order valence-electron chi connectivity index (χ2n) is 7.74. The van der Waals surface area contributed by atoms with E-state index in [1.807, 2.05) is 0 Å². The summed E-state index contributed by atoms with van der Waals surface area (Å²) in [6.07, 6.45) is 4.22. The summed E-state index contributed by atoms with van der Waals surface area (Å²) in [4.78, 5) is 17.6. The molecule has 3 fully saturated rings. The summed E-state index contributed by atoms with van der Waals surface area (Å²) in [6, 6.07) is 0.487. The smallest absolute Gasteiger partial charge is 0.227 e. The average molecular weight is 382 g/mol. The summed E-state index contributed by atoms with van der Waals surface area (Å²) in [6.45, 7) is 9.72. The van der Waals surface area contributed by atoms with Gasteiger partial charge in [-0.15, -0.1) is 24.8 Å². The van der Waals surface area contributed by atoms with Crippen molar-refractivity contribution in [3.63, 3.8) is 0 Å². The Morgan fingerprint density at radius 2 is 1.83 bits per heavy atom. The van der Waals surface area contributed by atoms with Gasteiger partial charge in [-0.3, -0.25) is 9.69 Å². The highest BCUT2D eigenvalue weighted by molar-refractivity contribution is 5.85. The van der Waals surface area contributed by atoms with E-state index in [4.69, 9.17) is 10.5 Å². The first-order chi connectivity index (χ1) is 10.5. The Kier molecular flexibility index (Phi) is 8.27. The van der Waals surface area contributed by atoms with Gasteiger partial charge in [0, 0.05) is 37.8 Å². The van der Waals surface area contributed by atoms with Gasteiger partial charge in [-0.2, -0.15) is 0 Å². The van der Waals surface area contributed by atoms with Gasteiger partial charge in [-0.25, -0.2) is 0 Å². The van der Waals surface area contributed by atoms with E-state index >= 15 is 0 Å². The van der Waals surface area contributed by atoms with E-state index in [-0.39, 0.29) is 36.3 Å². The molecule has 1 saturated carbocycles. The average Bonchev–Trinajstić information content (AvgIpc) is 2.89. The summed E-state index contributed by atoms with van der Waals surface area (Å²) >= 11 is 0. The second kappa shape index (κ2) is 9.04. The number of nitrogens with zero attached hydrogens (tertiary/aromatic N) is 2. The largest absolute Gasteiger partial charge is 0.379 e. The van der Waals surface area contributed by atoms with Gasteiger partial charge in [0.1, 0.15) is 0 Å². The molecule has 2 aliphatic heterocycles. The molecule has 3 rings (SSSR count). The number of carbonyl (C=O) groups is 1. The van der Waals surface area contributed by atoms with Crippen LogP contribution in [-0.2, 0) is 9.53 Å². The van der Waals surface area contributed by atoms with Crippen molar-refractivity contribution in [1.29, 1.82) is 0 Å². The maximum atomic E-state index is 13.0. The predicted octanol–water partition coefficient (Wildman–Crippen LogP) is 1.92. The predicted molar refractivity (Wildman–Crippen MR) is 101 cm³/mol. The maximum Gasteiger partial charge on any atom is 0.227 e. The molecule has 0 aromatic rings. The minimum atomic E-state index is -0.324. The van der Waals surface area contributed by atoms with Crippen LogP contribution in [0.2, 0.25) is 0 Å². The van der Waals surface area contributed by atoms with Gasteiger partial charge in [0.05, 0.1) is 19.1 Å². The highest BCUT2D eigenvalue weighted by Crippen LogP contribution is 2.34. The van der Waals surface area contributed by atoms with Gasteiger partial charge < -0.3 is 15.4 Å². The Balaban J connectivity index is 0.00000144. The first kappa shape index (κ1) is 22.0. The van der Waals surface area contributed by atoms with Crippen molar-refractivity contribution in [1.82, 2.24) is 9.80 Å². The molecule has 142 valence electrons. The monoisotopic (exact) mass is 381 g/mol. The highest BCUT2D eigenvalue weighted by atomic mass is 35.5. The van der Waals surface area contributed by atoms with Crippen LogP contribution < -0.4 is 5.73 Å². The summed E-state index contributed by atoms with van der Waals surface area (Å²) in [5.41, 5.74) is 6.10. The lowest BCUT2D eigenvalue weighted by atomic mass is 9.74. The number of halogens is 2. The fourth-order valence-electron chi connectivity index (χ4n) is 4.50. The van der Waals surface area contributed by atoms with E-state index in [9.17, 15) is 4.79 Å². The third-order valence-electron chi connectivity index (χ3n) is 5.95. The first-order valence-corrected chi connectivity index (χ1v) is 8.88. The van der Waals surface area contributed by atoms with Gasteiger partial charge in [0.25, 0.3) is 0 Å². The molecule has 2 N–H and O–H groups in total. The number of amides is 1. The number of hydrogen-bond donors (Lipinski definition) is 1. The zero-order chi connectivity index (χ0) is 15.7. The SMILES string of the molecule is CC1CN(C(=O)C2CCCCC2(C)N)CC1N1CCOCC1.Cl.Cl. The van der Waals surface area contributed by atoms with Crippen molar-refractivity contribution in [2.75, 3.05) is 39.4 Å². The summed E-state index contributed by atoms with van der Waals surface area (Å²) in [5, 5.41) is 0. The lowest BCUT2D eigenvalue weighted by Crippen LogP contribution is -2.54. The van der Waals surface area contributed by atoms with Crippen molar-refractivity contribution < 1.29 is 9.53 Å². The van der Waals surface area contributed by atoms with E-state index < -0.39 is 0 Å². The van der Waals surface area contributed by atoms with Crippen LogP contribution in [-0.4, -0.2) is 66.7 Å². The first-order valence-electron chi connectivity index (χ1n) is 8.88. The third kappa shape index (κ3) is 4.55. The normalized spacial score (nSPS) is 37.5. The number of nitrogens with two attached hydrogens (primary N) is 1. The van der Waals surface area contributed by atoms with Crippen LogP contribution in [0, 0.1) is 11.8 Å². The van der Waals surface area contributed by atoms with Crippen LogP contribution in [0.15, 0.2) is 0 Å². The van der Waals surface area contributed by atoms with Gasteiger partial charge in [-0.1, -0.05) is 19.8 Å². The zero-order valence-electron chi connectivity index (χ0n) is 14.9. The Hall–Kier alpha value is -0.0700. The molecule has 4 atom stereocenters. The van der Waals surface area contributed by atoms with E-state index in [1.165, 1.54) is 0 Å². The number of hydrogen-bond acceptors (Lipinski definition) is 4. The van der Waals surface area contributed by atoms with Crippen LogP contribution in [0.4, 0.5) is 0 Å². The Morgan fingerprint density at radius 3 is 2.46 bits per heavy atom. The fraction of sp³-hybridized carbons (Fsp3) is 0.941. The molecule has 0 spiro atoms. The van der Waals surface area contributed by atoms with Gasteiger partial charge in [-0.05, 0) is 25.7 Å². The minimum absolute atomic E-state index is 0. The molecule has 0 bridgehead atoms. The molecular formula is C17H33Cl2N3O2. The summed E-state index contributed by atoms with van der Waals surface area (Å²) < 4.78 is 5.45. The van der Waals surface area contributed by atoms with Crippen LogP contribution in [0.3, 0.4) is 0 Å².